The largest absolute Gasteiger partial charge is 0.508 e. The lowest BCUT2D eigenvalue weighted by Gasteiger charge is -2.34. The minimum atomic E-state index is 0.103. The summed E-state index contributed by atoms with van der Waals surface area (Å²) >= 11 is 0. The molecule has 0 saturated carbocycles. The van der Waals surface area contributed by atoms with Crippen molar-refractivity contribution in [1.29, 1.82) is 0 Å². The second-order valence-corrected chi connectivity index (χ2v) is 8.10. The fraction of sp³-hybridized carbons (Fsp3) is 0.308. The van der Waals surface area contributed by atoms with Crippen LogP contribution in [-0.4, -0.2) is 43.9 Å². The molecule has 0 fully saturated rings. The molecule has 0 spiro atoms. The summed E-state index contributed by atoms with van der Waals surface area (Å²) in [7, 11) is 4.14. The summed E-state index contributed by atoms with van der Waals surface area (Å²) in [5.74, 6) is 2.27. The highest BCUT2D eigenvalue weighted by Crippen LogP contribution is 2.47. The van der Waals surface area contributed by atoms with Gasteiger partial charge in [0.05, 0.1) is 13.2 Å². The summed E-state index contributed by atoms with van der Waals surface area (Å²) in [5.41, 5.74) is 3.45. The minimum Gasteiger partial charge on any atom is -0.508 e. The quantitative estimate of drug-likeness (QED) is 0.562. The first-order chi connectivity index (χ1) is 14.6. The predicted molar refractivity (Wildman–Crippen MR) is 120 cm³/mol. The molecule has 1 heterocycles. The average molecular weight is 404 g/mol. The number of aromatic hydroxyl groups is 1. The van der Waals surface area contributed by atoms with Gasteiger partial charge in [-0.25, -0.2) is 0 Å². The zero-order valence-electron chi connectivity index (χ0n) is 17.6. The van der Waals surface area contributed by atoms with Gasteiger partial charge in [0.1, 0.15) is 17.2 Å². The smallest absolute Gasteiger partial charge is 0.123 e. The molecule has 2 unspecified atom stereocenters. The van der Waals surface area contributed by atoms with Crippen LogP contribution in [0.2, 0.25) is 0 Å². The van der Waals surface area contributed by atoms with Gasteiger partial charge in [-0.3, -0.25) is 0 Å². The normalized spacial score (nSPS) is 18.0. The summed E-state index contributed by atoms with van der Waals surface area (Å²) in [6, 6.07) is 24.2. The fourth-order valence-corrected chi connectivity index (χ4v) is 4.15. The van der Waals surface area contributed by atoms with Gasteiger partial charge in [0.15, 0.2) is 0 Å². The lowest BCUT2D eigenvalue weighted by atomic mass is 9.76. The first-order valence-electron chi connectivity index (χ1n) is 10.5. The first kappa shape index (κ1) is 20.3. The maximum Gasteiger partial charge on any atom is 0.123 e. The molecule has 30 heavy (non-hydrogen) atoms. The van der Waals surface area contributed by atoms with Crippen LogP contribution in [0.25, 0.3) is 0 Å². The van der Waals surface area contributed by atoms with E-state index in [4.69, 9.17) is 9.47 Å². The van der Waals surface area contributed by atoms with Crippen LogP contribution in [0.4, 0.5) is 0 Å². The number of nitrogens with zero attached hydrogens (tertiary/aromatic N) is 1. The van der Waals surface area contributed by atoms with E-state index in [1.807, 2.05) is 30.3 Å². The van der Waals surface area contributed by atoms with Gasteiger partial charge >= 0.3 is 0 Å². The second-order valence-electron chi connectivity index (χ2n) is 8.10. The van der Waals surface area contributed by atoms with E-state index in [0.717, 1.165) is 30.0 Å². The van der Waals surface area contributed by atoms with Crippen molar-refractivity contribution in [3.05, 3.63) is 89.5 Å². The molecule has 0 aromatic heterocycles. The Balaban J connectivity index is 1.61. The van der Waals surface area contributed by atoms with Gasteiger partial charge in [-0.1, -0.05) is 42.5 Å². The van der Waals surface area contributed by atoms with E-state index in [0.29, 0.717) is 13.2 Å². The molecule has 0 aliphatic carbocycles. The monoisotopic (exact) mass is 403 g/mol. The number of benzene rings is 3. The van der Waals surface area contributed by atoms with Gasteiger partial charge in [-0.2, -0.15) is 0 Å². The van der Waals surface area contributed by atoms with Crippen molar-refractivity contribution < 1.29 is 14.6 Å². The standard InChI is InChI=1S/C26H29NO3/c1-27(2)15-6-16-29-22-12-9-20(10-13-22)26-23-17-21(28)11-14-25(23)30-18-24(26)19-7-4-3-5-8-19/h3-5,7-14,17,24,26,28H,6,15-16,18H2,1-2H3. The predicted octanol–water partition coefficient (Wildman–Crippen LogP) is 5.03. The maximum absolute atomic E-state index is 10.1. The van der Waals surface area contributed by atoms with Crippen molar-refractivity contribution in [3.8, 4) is 17.2 Å². The Kier molecular flexibility index (Phi) is 6.24. The van der Waals surface area contributed by atoms with E-state index in [-0.39, 0.29) is 17.6 Å². The van der Waals surface area contributed by atoms with Crippen LogP contribution in [0.3, 0.4) is 0 Å². The highest BCUT2D eigenvalue weighted by molar-refractivity contribution is 5.51. The molecule has 4 heteroatoms. The van der Waals surface area contributed by atoms with E-state index >= 15 is 0 Å². The Bertz CT molecular complexity index is 954. The molecule has 1 N–H and O–H groups in total. The molecule has 0 amide bonds. The van der Waals surface area contributed by atoms with Crippen molar-refractivity contribution in [2.24, 2.45) is 0 Å². The fourth-order valence-electron chi connectivity index (χ4n) is 4.15. The van der Waals surface area contributed by atoms with Crippen LogP contribution in [0.1, 0.15) is 34.9 Å². The highest BCUT2D eigenvalue weighted by Gasteiger charge is 2.33. The molecule has 4 rings (SSSR count). The Hall–Kier alpha value is -2.98. The van der Waals surface area contributed by atoms with Crippen molar-refractivity contribution in [2.75, 3.05) is 33.9 Å². The van der Waals surface area contributed by atoms with Crippen molar-refractivity contribution in [3.63, 3.8) is 0 Å². The van der Waals surface area contributed by atoms with Gasteiger partial charge in [-0.15, -0.1) is 0 Å². The van der Waals surface area contributed by atoms with Crippen LogP contribution in [-0.2, 0) is 0 Å². The van der Waals surface area contributed by atoms with E-state index in [1.165, 1.54) is 11.1 Å². The minimum absolute atomic E-state index is 0.103. The van der Waals surface area contributed by atoms with E-state index in [1.54, 1.807) is 6.07 Å². The van der Waals surface area contributed by atoms with Gasteiger partial charge in [0, 0.05) is 23.9 Å². The summed E-state index contributed by atoms with van der Waals surface area (Å²) in [5, 5.41) is 10.1. The Labute approximate surface area is 178 Å². The van der Waals surface area contributed by atoms with Crippen LogP contribution in [0.15, 0.2) is 72.8 Å². The van der Waals surface area contributed by atoms with Crippen molar-refractivity contribution in [1.82, 2.24) is 4.90 Å². The molecule has 1 aliphatic rings. The molecule has 4 nitrogen and oxygen atoms in total. The van der Waals surface area contributed by atoms with Gasteiger partial charge in [0.25, 0.3) is 0 Å². The van der Waals surface area contributed by atoms with Gasteiger partial charge in [-0.05, 0) is 62.0 Å². The zero-order chi connectivity index (χ0) is 20.9. The highest BCUT2D eigenvalue weighted by atomic mass is 16.5. The summed E-state index contributed by atoms with van der Waals surface area (Å²) in [4.78, 5) is 2.16. The molecule has 2 atom stereocenters. The molecule has 0 saturated heterocycles. The van der Waals surface area contributed by atoms with Gasteiger partial charge < -0.3 is 19.5 Å². The average Bonchev–Trinajstić information content (AvgIpc) is 2.77. The van der Waals surface area contributed by atoms with E-state index < -0.39 is 0 Å². The molecular weight excluding hydrogens is 374 g/mol. The molecule has 0 bridgehead atoms. The van der Waals surface area contributed by atoms with Crippen LogP contribution < -0.4 is 9.47 Å². The summed E-state index contributed by atoms with van der Waals surface area (Å²) in [6.45, 7) is 2.33. The van der Waals surface area contributed by atoms with E-state index in [9.17, 15) is 5.11 Å². The lowest BCUT2D eigenvalue weighted by Crippen LogP contribution is -2.25. The second kappa shape index (κ2) is 9.23. The van der Waals surface area contributed by atoms with Crippen LogP contribution >= 0.6 is 0 Å². The third-order valence-corrected chi connectivity index (χ3v) is 5.63. The summed E-state index contributed by atoms with van der Waals surface area (Å²) < 4.78 is 12.0. The number of hydrogen-bond acceptors (Lipinski definition) is 4. The zero-order valence-corrected chi connectivity index (χ0v) is 17.6. The third kappa shape index (κ3) is 4.60. The Morgan fingerprint density at radius 1 is 0.967 bits per heavy atom. The number of ether oxygens (including phenoxy) is 2. The number of hydrogen-bond donors (Lipinski definition) is 1. The SMILES string of the molecule is CN(C)CCCOc1ccc(C2c3cc(O)ccc3OCC2c2ccccc2)cc1. The molecule has 156 valence electrons. The molecule has 3 aromatic rings. The summed E-state index contributed by atoms with van der Waals surface area (Å²) in [6.07, 6.45) is 0.997. The first-order valence-corrected chi connectivity index (χ1v) is 10.5. The number of phenolic OH excluding ortho intramolecular Hbond substituents is 1. The number of phenols is 1. The Morgan fingerprint density at radius 2 is 1.73 bits per heavy atom. The molecule has 1 aliphatic heterocycles. The van der Waals surface area contributed by atoms with Crippen LogP contribution in [0.5, 0.6) is 17.2 Å². The maximum atomic E-state index is 10.1. The van der Waals surface area contributed by atoms with Crippen LogP contribution in [0, 0.1) is 0 Å². The van der Waals surface area contributed by atoms with Crippen molar-refractivity contribution in [2.45, 2.75) is 18.3 Å². The number of rotatable bonds is 7. The Morgan fingerprint density at radius 3 is 2.47 bits per heavy atom. The van der Waals surface area contributed by atoms with Gasteiger partial charge in [0.2, 0.25) is 0 Å². The lowest BCUT2D eigenvalue weighted by molar-refractivity contribution is 0.248. The number of fused-ring (bicyclic) bond motifs is 1. The third-order valence-electron chi connectivity index (χ3n) is 5.63. The molecule has 0 radical (unpaired) electrons. The molecular formula is C26H29NO3. The molecule has 3 aromatic carbocycles. The van der Waals surface area contributed by atoms with Crippen molar-refractivity contribution >= 4 is 0 Å². The topological polar surface area (TPSA) is 41.9 Å². The van der Waals surface area contributed by atoms with E-state index in [2.05, 4.69) is 55.4 Å².